The fourth-order valence-corrected chi connectivity index (χ4v) is 3.25. The predicted molar refractivity (Wildman–Crippen MR) is 83.1 cm³/mol. The van der Waals surface area contributed by atoms with Gasteiger partial charge in [-0.3, -0.25) is 4.79 Å². The molecule has 3 rings (SSSR count). The highest BCUT2D eigenvalue weighted by Gasteiger charge is 2.49. The molecule has 22 heavy (non-hydrogen) atoms. The van der Waals surface area contributed by atoms with Crippen LogP contribution in [0.2, 0.25) is 0 Å². The number of rotatable bonds is 3. The third kappa shape index (κ3) is 2.40. The zero-order valence-electron chi connectivity index (χ0n) is 12.3. The first kappa shape index (κ1) is 14.8. The zero-order valence-corrected chi connectivity index (χ0v) is 12.3. The summed E-state index contributed by atoms with van der Waals surface area (Å²) >= 11 is 0. The summed E-state index contributed by atoms with van der Waals surface area (Å²) in [4.78, 5) is 13.7. The Balaban J connectivity index is 2.01. The molecule has 2 aromatic rings. The van der Waals surface area contributed by atoms with Gasteiger partial charge in [0.05, 0.1) is 6.04 Å². The fourth-order valence-electron chi connectivity index (χ4n) is 3.25. The molecule has 4 atom stereocenters. The van der Waals surface area contributed by atoms with E-state index in [0.717, 1.165) is 11.1 Å². The summed E-state index contributed by atoms with van der Waals surface area (Å²) in [7, 11) is 1.63. The summed E-state index contributed by atoms with van der Waals surface area (Å²) in [5.41, 5.74) is 1.59. The minimum Gasteiger partial charge on any atom is -0.386 e. The molecule has 0 radical (unpaired) electrons. The predicted octanol–water partition coefficient (Wildman–Crippen LogP) is 1.71. The van der Waals surface area contributed by atoms with Gasteiger partial charge in [0.25, 0.3) is 5.91 Å². The highest BCUT2D eigenvalue weighted by molar-refractivity contribution is 5.85. The standard InChI is InChI=1S/C18H19NO3/c1-19-15(16(20)13-10-6-3-7-11-13)14(17(21)18(19)22)12-8-4-2-5-9-12/h2-11,14-17,20-21H,1H3/t14-,15-,16?,17+/m0/s1. The van der Waals surface area contributed by atoms with Gasteiger partial charge in [0.2, 0.25) is 0 Å². The van der Waals surface area contributed by atoms with Crippen LogP contribution >= 0.6 is 0 Å². The van der Waals surface area contributed by atoms with E-state index in [1.54, 1.807) is 7.05 Å². The van der Waals surface area contributed by atoms with Crippen molar-refractivity contribution in [3.63, 3.8) is 0 Å². The van der Waals surface area contributed by atoms with Crippen LogP contribution in [0, 0.1) is 0 Å². The number of carbonyl (C=O) groups is 1. The molecule has 1 aliphatic rings. The highest BCUT2D eigenvalue weighted by Crippen LogP contribution is 2.40. The van der Waals surface area contributed by atoms with Crippen molar-refractivity contribution in [1.82, 2.24) is 4.90 Å². The van der Waals surface area contributed by atoms with Crippen LogP contribution in [0.3, 0.4) is 0 Å². The smallest absolute Gasteiger partial charge is 0.252 e. The van der Waals surface area contributed by atoms with Crippen molar-refractivity contribution in [3.05, 3.63) is 71.8 Å². The molecule has 1 fully saturated rings. The van der Waals surface area contributed by atoms with Crippen molar-refractivity contribution in [2.24, 2.45) is 0 Å². The first-order chi connectivity index (χ1) is 10.6. The maximum Gasteiger partial charge on any atom is 0.252 e. The largest absolute Gasteiger partial charge is 0.386 e. The lowest BCUT2D eigenvalue weighted by molar-refractivity contribution is -0.135. The molecule has 2 N–H and O–H groups in total. The normalized spacial score (nSPS) is 26.2. The van der Waals surface area contributed by atoms with Crippen LogP contribution < -0.4 is 0 Å². The Morgan fingerprint density at radius 1 is 1.00 bits per heavy atom. The molecule has 1 unspecified atom stereocenters. The van der Waals surface area contributed by atoms with E-state index in [1.807, 2.05) is 60.7 Å². The minimum absolute atomic E-state index is 0.353. The van der Waals surface area contributed by atoms with Crippen LogP contribution in [0.4, 0.5) is 0 Å². The van der Waals surface area contributed by atoms with Gasteiger partial charge in [-0.05, 0) is 11.1 Å². The van der Waals surface area contributed by atoms with Crippen LogP contribution in [0.25, 0.3) is 0 Å². The summed E-state index contributed by atoms with van der Waals surface area (Å²) in [5, 5.41) is 21.1. The Hall–Kier alpha value is -2.17. The van der Waals surface area contributed by atoms with E-state index >= 15 is 0 Å². The van der Waals surface area contributed by atoms with E-state index in [4.69, 9.17) is 0 Å². The third-order valence-corrected chi connectivity index (χ3v) is 4.41. The number of amides is 1. The van der Waals surface area contributed by atoms with Gasteiger partial charge in [-0.2, -0.15) is 0 Å². The molecular weight excluding hydrogens is 278 g/mol. The van der Waals surface area contributed by atoms with Crippen LogP contribution in [0.5, 0.6) is 0 Å². The van der Waals surface area contributed by atoms with Crippen molar-refractivity contribution in [2.75, 3.05) is 7.05 Å². The van der Waals surface area contributed by atoms with Crippen LogP contribution in [0.15, 0.2) is 60.7 Å². The second-order valence-electron chi connectivity index (χ2n) is 5.68. The topological polar surface area (TPSA) is 60.8 Å². The second-order valence-corrected chi connectivity index (χ2v) is 5.68. The van der Waals surface area contributed by atoms with E-state index in [1.165, 1.54) is 4.90 Å². The molecule has 1 aliphatic heterocycles. The molecule has 2 aromatic carbocycles. The molecule has 0 saturated carbocycles. The fraction of sp³-hybridized carbons (Fsp3) is 0.278. The number of likely N-dealkylation sites (N-methyl/N-ethyl adjacent to an activating group) is 1. The number of benzene rings is 2. The molecule has 0 bridgehead atoms. The molecule has 114 valence electrons. The minimum atomic E-state index is -1.13. The summed E-state index contributed by atoms with van der Waals surface area (Å²) in [6, 6.07) is 18.1. The van der Waals surface area contributed by atoms with E-state index < -0.39 is 24.2 Å². The second kappa shape index (κ2) is 5.91. The summed E-state index contributed by atoms with van der Waals surface area (Å²) in [6.07, 6.45) is -1.98. The Labute approximate surface area is 129 Å². The molecular formula is C18H19NO3. The maximum atomic E-state index is 12.2. The van der Waals surface area contributed by atoms with Crippen LogP contribution in [0.1, 0.15) is 23.1 Å². The Morgan fingerprint density at radius 3 is 2.14 bits per heavy atom. The van der Waals surface area contributed by atoms with Crippen molar-refractivity contribution in [1.29, 1.82) is 0 Å². The highest BCUT2D eigenvalue weighted by atomic mass is 16.3. The molecule has 1 amide bonds. The molecule has 1 saturated heterocycles. The van der Waals surface area contributed by atoms with Gasteiger partial charge in [0, 0.05) is 13.0 Å². The molecule has 0 aromatic heterocycles. The van der Waals surface area contributed by atoms with E-state index in [0.29, 0.717) is 0 Å². The van der Waals surface area contributed by atoms with E-state index in [-0.39, 0.29) is 5.91 Å². The van der Waals surface area contributed by atoms with Crippen molar-refractivity contribution >= 4 is 5.91 Å². The van der Waals surface area contributed by atoms with E-state index in [9.17, 15) is 15.0 Å². The Kier molecular flexibility index (Phi) is 3.96. The van der Waals surface area contributed by atoms with Crippen molar-refractivity contribution in [2.45, 2.75) is 24.2 Å². The summed E-state index contributed by atoms with van der Waals surface area (Å²) in [5.74, 6) is -0.803. The SMILES string of the molecule is CN1C(=O)[C@H](O)[C@@H](c2ccccc2)[C@H]1C(O)c1ccccc1. The number of likely N-dealkylation sites (tertiary alicyclic amines) is 1. The van der Waals surface area contributed by atoms with Gasteiger partial charge in [-0.1, -0.05) is 60.7 Å². The first-order valence-corrected chi connectivity index (χ1v) is 7.34. The Morgan fingerprint density at radius 2 is 1.55 bits per heavy atom. The summed E-state index contributed by atoms with van der Waals surface area (Å²) < 4.78 is 0. The molecule has 4 heteroatoms. The average molecular weight is 297 g/mol. The third-order valence-electron chi connectivity index (χ3n) is 4.41. The number of carbonyl (C=O) groups excluding carboxylic acids is 1. The first-order valence-electron chi connectivity index (χ1n) is 7.34. The lowest BCUT2D eigenvalue weighted by Gasteiger charge is -2.30. The monoisotopic (exact) mass is 297 g/mol. The number of aliphatic hydroxyl groups is 2. The van der Waals surface area contributed by atoms with Gasteiger partial charge in [0.1, 0.15) is 12.2 Å². The molecule has 4 nitrogen and oxygen atoms in total. The van der Waals surface area contributed by atoms with Crippen molar-refractivity contribution < 1.29 is 15.0 Å². The maximum absolute atomic E-state index is 12.2. The van der Waals surface area contributed by atoms with Gasteiger partial charge in [-0.15, -0.1) is 0 Å². The van der Waals surface area contributed by atoms with Gasteiger partial charge in [-0.25, -0.2) is 0 Å². The molecule has 1 heterocycles. The van der Waals surface area contributed by atoms with Gasteiger partial charge >= 0.3 is 0 Å². The quantitative estimate of drug-likeness (QED) is 0.906. The van der Waals surface area contributed by atoms with Crippen molar-refractivity contribution in [3.8, 4) is 0 Å². The van der Waals surface area contributed by atoms with Crippen LogP contribution in [-0.4, -0.2) is 40.2 Å². The van der Waals surface area contributed by atoms with Gasteiger partial charge in [0.15, 0.2) is 0 Å². The average Bonchev–Trinajstić information content (AvgIpc) is 2.80. The molecule has 0 aliphatic carbocycles. The van der Waals surface area contributed by atoms with Crippen LogP contribution in [-0.2, 0) is 4.79 Å². The lowest BCUT2D eigenvalue weighted by Crippen LogP contribution is -2.36. The van der Waals surface area contributed by atoms with E-state index in [2.05, 4.69) is 0 Å². The number of hydrogen-bond donors (Lipinski definition) is 2. The summed E-state index contributed by atoms with van der Waals surface area (Å²) in [6.45, 7) is 0. The van der Waals surface area contributed by atoms with Gasteiger partial charge < -0.3 is 15.1 Å². The number of nitrogens with zero attached hydrogens (tertiary/aromatic N) is 1. The zero-order chi connectivity index (χ0) is 15.7. The number of hydrogen-bond acceptors (Lipinski definition) is 3. The molecule has 0 spiro atoms. The number of aliphatic hydroxyl groups excluding tert-OH is 2. The Bertz CT molecular complexity index is 644. The lowest BCUT2D eigenvalue weighted by atomic mass is 9.85.